The molecule has 6 heteroatoms. The van der Waals surface area contributed by atoms with E-state index in [1.807, 2.05) is 47.8 Å². The Hall–Kier alpha value is -2.73. The molecule has 21 heavy (non-hydrogen) atoms. The van der Waals surface area contributed by atoms with Gasteiger partial charge in [0.2, 0.25) is 5.96 Å². The van der Waals surface area contributed by atoms with E-state index in [-0.39, 0.29) is 5.91 Å². The maximum absolute atomic E-state index is 11.8. The van der Waals surface area contributed by atoms with E-state index >= 15 is 0 Å². The predicted molar refractivity (Wildman–Crippen MR) is 85.0 cm³/mol. The Kier molecular flexibility index (Phi) is 3.88. The van der Waals surface area contributed by atoms with E-state index in [0.717, 1.165) is 10.4 Å². The van der Waals surface area contributed by atoms with Crippen LogP contribution >= 0.6 is 11.3 Å². The fourth-order valence-corrected chi connectivity index (χ4v) is 2.39. The van der Waals surface area contributed by atoms with Crippen molar-refractivity contribution in [2.45, 2.75) is 0 Å². The Morgan fingerprint density at radius 3 is 2.81 bits per heavy atom. The van der Waals surface area contributed by atoms with Crippen molar-refractivity contribution in [2.24, 2.45) is 10.1 Å². The molecule has 1 amide bonds. The van der Waals surface area contributed by atoms with Gasteiger partial charge in [0.1, 0.15) is 5.70 Å². The highest BCUT2D eigenvalue weighted by molar-refractivity contribution is 7.10. The number of amides is 1. The van der Waals surface area contributed by atoms with Crippen LogP contribution in [0.3, 0.4) is 0 Å². The van der Waals surface area contributed by atoms with Gasteiger partial charge in [0.05, 0.1) is 6.21 Å². The van der Waals surface area contributed by atoms with Crippen LogP contribution in [0.4, 0.5) is 0 Å². The maximum atomic E-state index is 11.8. The minimum Gasteiger partial charge on any atom is -0.289 e. The van der Waals surface area contributed by atoms with Crippen LogP contribution in [0.25, 0.3) is 6.08 Å². The predicted octanol–water partition coefficient (Wildman–Crippen LogP) is 2.20. The van der Waals surface area contributed by atoms with Gasteiger partial charge in [-0.25, -0.2) is 10.4 Å². The van der Waals surface area contributed by atoms with Gasteiger partial charge in [-0.15, -0.1) is 11.3 Å². The van der Waals surface area contributed by atoms with Gasteiger partial charge in [0, 0.05) is 4.88 Å². The van der Waals surface area contributed by atoms with E-state index in [0.29, 0.717) is 11.7 Å². The zero-order chi connectivity index (χ0) is 14.5. The lowest BCUT2D eigenvalue weighted by Crippen LogP contribution is -2.33. The van der Waals surface area contributed by atoms with Gasteiger partial charge in [-0.05, 0) is 23.1 Å². The van der Waals surface area contributed by atoms with Crippen LogP contribution < -0.4 is 10.7 Å². The largest absolute Gasteiger partial charge is 0.289 e. The standard InChI is InChI=1S/C15H12N4OS/c20-14-13(9-12-7-4-8-21-12)17-15(18-14)19-16-10-11-5-2-1-3-6-11/h1-10H,(H2,17,18,19,20)/b13-9-,16-10+. The number of aliphatic imine (C=N–C) groups is 1. The molecule has 0 aliphatic carbocycles. The summed E-state index contributed by atoms with van der Waals surface area (Å²) in [6.07, 6.45) is 3.41. The summed E-state index contributed by atoms with van der Waals surface area (Å²) >= 11 is 1.55. The Bertz CT molecular complexity index is 717. The first kappa shape index (κ1) is 13.3. The van der Waals surface area contributed by atoms with Gasteiger partial charge in [-0.1, -0.05) is 36.4 Å². The third-order valence-corrected chi connectivity index (χ3v) is 3.52. The first-order chi connectivity index (χ1) is 10.3. The number of thiophene rings is 1. The van der Waals surface area contributed by atoms with Crippen LogP contribution in [0, 0.1) is 0 Å². The number of hydrazone groups is 1. The molecule has 104 valence electrons. The van der Waals surface area contributed by atoms with Gasteiger partial charge in [-0.3, -0.25) is 10.1 Å². The van der Waals surface area contributed by atoms with Crippen molar-refractivity contribution in [3.63, 3.8) is 0 Å². The Morgan fingerprint density at radius 2 is 2.05 bits per heavy atom. The molecule has 2 N–H and O–H groups in total. The molecule has 0 saturated heterocycles. The van der Waals surface area contributed by atoms with E-state index in [2.05, 4.69) is 20.8 Å². The van der Waals surface area contributed by atoms with Crippen LogP contribution in [0.1, 0.15) is 10.4 Å². The van der Waals surface area contributed by atoms with E-state index < -0.39 is 0 Å². The smallest absolute Gasteiger partial charge is 0.276 e. The van der Waals surface area contributed by atoms with E-state index in [1.54, 1.807) is 23.6 Å². The molecule has 5 nitrogen and oxygen atoms in total. The molecule has 0 bridgehead atoms. The number of hydrogen-bond donors (Lipinski definition) is 2. The number of guanidine groups is 1. The highest BCUT2D eigenvalue weighted by atomic mass is 32.1. The van der Waals surface area contributed by atoms with Crippen molar-refractivity contribution in [3.05, 3.63) is 64.0 Å². The average molecular weight is 296 g/mol. The number of carbonyl (C=O) groups excluding carboxylic acids is 1. The lowest BCUT2D eigenvalue weighted by atomic mass is 10.2. The fraction of sp³-hybridized carbons (Fsp3) is 0. The summed E-state index contributed by atoms with van der Waals surface area (Å²) < 4.78 is 0. The van der Waals surface area contributed by atoms with Crippen molar-refractivity contribution in [1.29, 1.82) is 0 Å². The lowest BCUT2D eigenvalue weighted by Gasteiger charge is -1.97. The van der Waals surface area contributed by atoms with Gasteiger partial charge in [0.15, 0.2) is 0 Å². The van der Waals surface area contributed by atoms with E-state index in [1.165, 1.54) is 0 Å². The second-order valence-corrected chi connectivity index (χ2v) is 5.22. The molecule has 1 aliphatic rings. The summed E-state index contributed by atoms with van der Waals surface area (Å²) in [7, 11) is 0. The second-order valence-electron chi connectivity index (χ2n) is 4.24. The molecule has 1 aliphatic heterocycles. The summed E-state index contributed by atoms with van der Waals surface area (Å²) in [5.74, 6) is 0.0933. The highest BCUT2D eigenvalue weighted by Gasteiger charge is 2.19. The van der Waals surface area contributed by atoms with Crippen LogP contribution in [0.2, 0.25) is 0 Å². The zero-order valence-corrected chi connectivity index (χ0v) is 11.8. The second kappa shape index (κ2) is 6.15. The third kappa shape index (κ3) is 3.43. The van der Waals surface area contributed by atoms with Crippen molar-refractivity contribution in [1.82, 2.24) is 10.7 Å². The number of nitrogens with one attached hydrogen (secondary N) is 2. The summed E-state index contributed by atoms with van der Waals surface area (Å²) in [6, 6.07) is 13.5. The van der Waals surface area contributed by atoms with E-state index in [4.69, 9.17) is 0 Å². The van der Waals surface area contributed by atoms with Gasteiger partial charge in [0.25, 0.3) is 5.91 Å². The van der Waals surface area contributed by atoms with Crippen molar-refractivity contribution >= 4 is 35.5 Å². The molecular formula is C15H12N4OS. The quantitative estimate of drug-likeness (QED) is 0.518. The molecule has 3 rings (SSSR count). The average Bonchev–Trinajstić information content (AvgIpc) is 3.11. The first-order valence-corrected chi connectivity index (χ1v) is 7.18. The Labute approximate surface area is 125 Å². The number of carbonyl (C=O) groups is 1. The number of rotatable bonds is 3. The molecule has 0 atom stereocenters. The molecule has 2 aromatic rings. The van der Waals surface area contributed by atoms with E-state index in [9.17, 15) is 4.79 Å². The monoisotopic (exact) mass is 296 g/mol. The number of nitrogens with zero attached hydrogens (tertiary/aromatic N) is 2. The van der Waals surface area contributed by atoms with Crippen LogP contribution in [0.15, 0.2) is 63.6 Å². The SMILES string of the molecule is O=C1NC(N/N=C/c2ccccc2)=N/C1=C\c1cccs1. The molecule has 0 unspecified atom stereocenters. The summed E-state index contributed by atoms with van der Waals surface area (Å²) in [5, 5.41) is 8.62. The third-order valence-electron chi connectivity index (χ3n) is 2.70. The minimum absolute atomic E-state index is 0.235. The molecule has 0 radical (unpaired) electrons. The zero-order valence-electron chi connectivity index (χ0n) is 11.0. The molecule has 0 fully saturated rings. The Morgan fingerprint density at radius 1 is 1.19 bits per heavy atom. The Balaban J connectivity index is 1.67. The molecule has 1 aromatic carbocycles. The van der Waals surface area contributed by atoms with Gasteiger partial charge in [-0.2, -0.15) is 5.10 Å². The summed E-state index contributed by atoms with van der Waals surface area (Å²) in [6.45, 7) is 0. The summed E-state index contributed by atoms with van der Waals surface area (Å²) in [5.41, 5.74) is 4.05. The first-order valence-electron chi connectivity index (χ1n) is 6.31. The summed E-state index contributed by atoms with van der Waals surface area (Å²) in [4.78, 5) is 16.9. The van der Waals surface area contributed by atoms with Gasteiger partial charge >= 0.3 is 0 Å². The van der Waals surface area contributed by atoms with Crippen molar-refractivity contribution < 1.29 is 4.79 Å². The molecule has 1 aromatic heterocycles. The van der Waals surface area contributed by atoms with Gasteiger partial charge < -0.3 is 0 Å². The number of hydrogen-bond acceptors (Lipinski definition) is 5. The van der Waals surface area contributed by atoms with Crippen LogP contribution in [-0.2, 0) is 4.79 Å². The van der Waals surface area contributed by atoms with Crippen molar-refractivity contribution in [2.75, 3.05) is 0 Å². The maximum Gasteiger partial charge on any atom is 0.276 e. The lowest BCUT2D eigenvalue weighted by molar-refractivity contribution is -0.115. The topological polar surface area (TPSA) is 65.8 Å². The minimum atomic E-state index is -0.235. The normalized spacial score (nSPS) is 16.3. The molecule has 0 spiro atoms. The van der Waals surface area contributed by atoms with Crippen molar-refractivity contribution in [3.8, 4) is 0 Å². The van der Waals surface area contributed by atoms with Crippen LogP contribution in [0.5, 0.6) is 0 Å². The molecular weight excluding hydrogens is 284 g/mol. The van der Waals surface area contributed by atoms with Crippen LogP contribution in [-0.4, -0.2) is 18.1 Å². The fourth-order valence-electron chi connectivity index (χ4n) is 1.74. The highest BCUT2D eigenvalue weighted by Crippen LogP contribution is 2.15. The molecule has 0 saturated carbocycles. The molecule has 2 heterocycles. The number of benzene rings is 1.